The second-order valence-corrected chi connectivity index (χ2v) is 5.18. The number of hydrogen-bond donors (Lipinski definition) is 2. The summed E-state index contributed by atoms with van der Waals surface area (Å²) in [5, 5.41) is 3.37. The molecule has 0 fully saturated rings. The van der Waals surface area contributed by atoms with Gasteiger partial charge in [-0.25, -0.2) is 0 Å². The maximum atomic E-state index is 5.86. The second-order valence-electron chi connectivity index (χ2n) is 4.19. The number of nitrogens with one attached hydrogen (secondary N) is 1. The fraction of sp³-hybridized carbons (Fsp3) is 0.538. The summed E-state index contributed by atoms with van der Waals surface area (Å²) < 4.78 is 5.64. The number of nitrogen functional groups attached to an aromatic ring is 1. The molecule has 1 rings (SSSR count). The van der Waals surface area contributed by atoms with Crippen LogP contribution in [0.3, 0.4) is 0 Å². The van der Waals surface area contributed by atoms with Crippen molar-refractivity contribution in [1.82, 2.24) is 0 Å². The zero-order chi connectivity index (χ0) is 12.7. The van der Waals surface area contributed by atoms with Crippen molar-refractivity contribution < 1.29 is 4.74 Å². The van der Waals surface area contributed by atoms with Gasteiger partial charge in [-0.2, -0.15) is 11.8 Å². The third-order valence-electron chi connectivity index (χ3n) is 2.23. The molecule has 1 aromatic rings. The van der Waals surface area contributed by atoms with E-state index >= 15 is 0 Å². The number of rotatable bonds is 7. The average molecular weight is 254 g/mol. The van der Waals surface area contributed by atoms with E-state index in [0.29, 0.717) is 5.69 Å². The molecule has 4 heteroatoms. The lowest BCUT2D eigenvalue weighted by Gasteiger charge is -2.14. The van der Waals surface area contributed by atoms with E-state index < -0.39 is 0 Å². The predicted octanol–water partition coefficient (Wildman–Crippen LogP) is 3.22. The van der Waals surface area contributed by atoms with Crippen LogP contribution < -0.4 is 15.8 Å². The summed E-state index contributed by atoms with van der Waals surface area (Å²) in [5.41, 5.74) is 7.61. The molecule has 0 spiro atoms. The van der Waals surface area contributed by atoms with Crippen molar-refractivity contribution in [1.29, 1.82) is 0 Å². The molecular formula is C13H22N2OS. The van der Waals surface area contributed by atoms with Gasteiger partial charge in [-0.1, -0.05) is 0 Å². The third kappa shape index (κ3) is 5.22. The summed E-state index contributed by atoms with van der Waals surface area (Å²) in [7, 11) is 0. The minimum absolute atomic E-state index is 0.143. The van der Waals surface area contributed by atoms with Crippen molar-refractivity contribution in [2.24, 2.45) is 0 Å². The summed E-state index contributed by atoms with van der Waals surface area (Å²) in [5.74, 6) is 1.94. The standard InChI is InChI=1S/C13H22N2OS/c1-10(2)16-13-9-11(5-6-12(13)14)15-7-4-8-17-3/h5-6,9-10,15H,4,7-8,14H2,1-3H3. The molecule has 0 aliphatic heterocycles. The average Bonchev–Trinajstić information content (AvgIpc) is 2.28. The Morgan fingerprint density at radius 2 is 2.18 bits per heavy atom. The van der Waals surface area contributed by atoms with Crippen LogP contribution in [-0.2, 0) is 0 Å². The summed E-state index contributed by atoms with van der Waals surface area (Å²) in [6.07, 6.45) is 3.42. The van der Waals surface area contributed by atoms with Crippen molar-refractivity contribution in [3.8, 4) is 5.75 Å². The lowest BCUT2D eigenvalue weighted by Crippen LogP contribution is -2.08. The van der Waals surface area contributed by atoms with E-state index in [1.54, 1.807) is 0 Å². The molecule has 17 heavy (non-hydrogen) atoms. The molecule has 3 N–H and O–H groups in total. The van der Waals surface area contributed by atoms with Gasteiger partial charge in [0.2, 0.25) is 0 Å². The summed E-state index contributed by atoms with van der Waals surface area (Å²) in [6.45, 7) is 4.97. The first kappa shape index (κ1) is 14.0. The minimum Gasteiger partial charge on any atom is -0.489 e. The smallest absolute Gasteiger partial charge is 0.144 e. The van der Waals surface area contributed by atoms with E-state index in [9.17, 15) is 0 Å². The van der Waals surface area contributed by atoms with Gasteiger partial charge in [-0.15, -0.1) is 0 Å². The van der Waals surface area contributed by atoms with Gasteiger partial charge in [0.15, 0.2) is 0 Å². The molecule has 0 aliphatic rings. The molecular weight excluding hydrogens is 232 g/mol. The van der Waals surface area contributed by atoms with Crippen LogP contribution in [0, 0.1) is 0 Å². The highest BCUT2D eigenvalue weighted by atomic mass is 32.2. The molecule has 96 valence electrons. The summed E-state index contributed by atoms with van der Waals surface area (Å²) in [6, 6.07) is 5.84. The van der Waals surface area contributed by atoms with Gasteiger partial charge in [0.05, 0.1) is 11.8 Å². The van der Waals surface area contributed by atoms with Gasteiger partial charge in [-0.3, -0.25) is 0 Å². The number of benzene rings is 1. The van der Waals surface area contributed by atoms with Crippen molar-refractivity contribution in [3.05, 3.63) is 18.2 Å². The third-order valence-corrected chi connectivity index (χ3v) is 2.93. The van der Waals surface area contributed by atoms with Crippen molar-refractivity contribution >= 4 is 23.1 Å². The van der Waals surface area contributed by atoms with Crippen LogP contribution in [0.4, 0.5) is 11.4 Å². The van der Waals surface area contributed by atoms with Gasteiger partial charge in [0, 0.05) is 18.3 Å². The van der Waals surface area contributed by atoms with Gasteiger partial charge >= 0.3 is 0 Å². The summed E-state index contributed by atoms with van der Waals surface area (Å²) >= 11 is 1.87. The SMILES string of the molecule is CSCCCNc1ccc(N)c(OC(C)C)c1. The number of anilines is 2. The van der Waals surface area contributed by atoms with Crippen LogP contribution in [0.15, 0.2) is 18.2 Å². The van der Waals surface area contributed by atoms with E-state index in [1.807, 2.05) is 43.8 Å². The largest absolute Gasteiger partial charge is 0.489 e. The van der Waals surface area contributed by atoms with Crippen molar-refractivity contribution in [2.75, 3.05) is 29.6 Å². The Kier molecular flexibility index (Phi) is 6.05. The maximum Gasteiger partial charge on any atom is 0.144 e. The summed E-state index contributed by atoms with van der Waals surface area (Å²) in [4.78, 5) is 0. The normalized spacial score (nSPS) is 10.6. The van der Waals surface area contributed by atoms with Gasteiger partial charge in [0.1, 0.15) is 5.75 Å². The van der Waals surface area contributed by atoms with Crippen LogP contribution >= 0.6 is 11.8 Å². The fourth-order valence-corrected chi connectivity index (χ4v) is 1.88. The molecule has 0 unspecified atom stereocenters. The van der Waals surface area contributed by atoms with E-state index in [-0.39, 0.29) is 6.10 Å². The highest BCUT2D eigenvalue weighted by molar-refractivity contribution is 7.98. The number of ether oxygens (including phenoxy) is 1. The van der Waals surface area contributed by atoms with Gasteiger partial charge < -0.3 is 15.8 Å². The molecule has 3 nitrogen and oxygen atoms in total. The first-order valence-corrected chi connectivity index (χ1v) is 7.32. The van der Waals surface area contributed by atoms with Gasteiger partial charge in [0.25, 0.3) is 0 Å². The predicted molar refractivity (Wildman–Crippen MR) is 78.1 cm³/mol. The first-order valence-electron chi connectivity index (χ1n) is 5.92. The Labute approximate surface area is 108 Å². The molecule has 0 aromatic heterocycles. The minimum atomic E-state index is 0.143. The lowest BCUT2D eigenvalue weighted by atomic mass is 10.2. The molecule has 0 radical (unpaired) electrons. The number of thioether (sulfide) groups is 1. The Morgan fingerprint density at radius 1 is 1.41 bits per heavy atom. The van der Waals surface area contributed by atoms with Gasteiger partial charge in [-0.05, 0) is 44.4 Å². The highest BCUT2D eigenvalue weighted by Crippen LogP contribution is 2.26. The second kappa shape index (κ2) is 7.33. The highest BCUT2D eigenvalue weighted by Gasteiger charge is 2.04. The Hall–Kier alpha value is -1.03. The fourth-order valence-electron chi connectivity index (χ4n) is 1.45. The van der Waals surface area contributed by atoms with Crippen molar-refractivity contribution in [3.63, 3.8) is 0 Å². The number of hydrogen-bond acceptors (Lipinski definition) is 4. The quantitative estimate of drug-likeness (QED) is 0.579. The molecule has 0 saturated heterocycles. The Balaban J connectivity index is 2.55. The van der Waals surface area contributed by atoms with E-state index in [4.69, 9.17) is 10.5 Å². The molecule has 0 aliphatic carbocycles. The zero-order valence-corrected chi connectivity index (χ0v) is 11.6. The van der Waals surface area contributed by atoms with E-state index in [2.05, 4.69) is 11.6 Å². The molecule has 0 saturated carbocycles. The van der Waals surface area contributed by atoms with Crippen molar-refractivity contribution in [2.45, 2.75) is 26.4 Å². The maximum absolute atomic E-state index is 5.86. The zero-order valence-electron chi connectivity index (χ0n) is 10.8. The van der Waals surface area contributed by atoms with E-state index in [0.717, 1.165) is 24.4 Å². The lowest BCUT2D eigenvalue weighted by molar-refractivity contribution is 0.244. The molecule has 0 bridgehead atoms. The topological polar surface area (TPSA) is 47.3 Å². The molecule has 1 aromatic carbocycles. The Bertz CT molecular complexity index is 342. The monoisotopic (exact) mass is 254 g/mol. The molecule has 0 amide bonds. The first-order chi connectivity index (χ1) is 8.13. The number of nitrogens with two attached hydrogens (primary N) is 1. The van der Waals surface area contributed by atoms with Crippen LogP contribution in [0.2, 0.25) is 0 Å². The van der Waals surface area contributed by atoms with Crippen LogP contribution in [0.25, 0.3) is 0 Å². The van der Waals surface area contributed by atoms with Crippen LogP contribution in [0.5, 0.6) is 5.75 Å². The Morgan fingerprint density at radius 3 is 2.82 bits per heavy atom. The van der Waals surface area contributed by atoms with Crippen LogP contribution in [0.1, 0.15) is 20.3 Å². The molecule has 0 heterocycles. The van der Waals surface area contributed by atoms with Crippen LogP contribution in [-0.4, -0.2) is 24.7 Å². The molecule has 0 atom stereocenters. The van der Waals surface area contributed by atoms with E-state index in [1.165, 1.54) is 5.75 Å².